The first-order valence-corrected chi connectivity index (χ1v) is 7.27. The largest absolute Gasteiger partial charge is 0.756 e. The summed E-state index contributed by atoms with van der Waals surface area (Å²) in [7, 11) is -1.12. The van der Waals surface area contributed by atoms with E-state index in [1.165, 1.54) is 0 Å². The molecule has 2 atom stereocenters. The number of benzene rings is 1. The third-order valence-electron chi connectivity index (χ3n) is 2.52. The third-order valence-corrected chi connectivity index (χ3v) is 3.04. The summed E-state index contributed by atoms with van der Waals surface area (Å²) in [6, 6.07) is 7.51. The Morgan fingerprint density at radius 2 is 2.17 bits per heavy atom. The molecule has 1 rings (SSSR count). The van der Waals surface area contributed by atoms with E-state index in [4.69, 9.17) is 9.42 Å². The Labute approximate surface area is 108 Å². The highest BCUT2D eigenvalue weighted by atomic mass is 31.2. The Hall–Kier alpha value is -0.710. The SMILES string of the molecule is CCc1cccc(C(CN(C)C)OP(=O)([O-])O)c1. The number of aryl methyl sites for hydroxylation is 1. The minimum atomic E-state index is -4.74. The van der Waals surface area contributed by atoms with E-state index in [1.54, 1.807) is 11.0 Å². The van der Waals surface area contributed by atoms with Gasteiger partial charge in [-0.05, 0) is 31.6 Å². The molecule has 18 heavy (non-hydrogen) atoms. The molecule has 0 aliphatic carbocycles. The smallest absolute Gasteiger partial charge is 0.265 e. The fourth-order valence-electron chi connectivity index (χ4n) is 1.71. The van der Waals surface area contributed by atoms with Gasteiger partial charge in [0, 0.05) is 6.54 Å². The van der Waals surface area contributed by atoms with Gasteiger partial charge in [0.25, 0.3) is 7.82 Å². The van der Waals surface area contributed by atoms with E-state index in [2.05, 4.69) is 0 Å². The second-order valence-electron chi connectivity index (χ2n) is 4.42. The van der Waals surface area contributed by atoms with Crippen molar-refractivity contribution in [1.29, 1.82) is 0 Å². The number of phosphoric ester groups is 1. The second kappa shape index (κ2) is 6.45. The molecule has 0 spiro atoms. The highest BCUT2D eigenvalue weighted by molar-refractivity contribution is 7.44. The van der Waals surface area contributed by atoms with Gasteiger partial charge >= 0.3 is 0 Å². The van der Waals surface area contributed by atoms with Gasteiger partial charge in [-0.3, -0.25) is 4.57 Å². The lowest BCUT2D eigenvalue weighted by molar-refractivity contribution is -0.224. The molecule has 1 aromatic rings. The quantitative estimate of drug-likeness (QED) is 0.791. The summed E-state index contributed by atoms with van der Waals surface area (Å²) >= 11 is 0. The van der Waals surface area contributed by atoms with E-state index in [-0.39, 0.29) is 0 Å². The van der Waals surface area contributed by atoms with Gasteiger partial charge in [-0.25, -0.2) is 0 Å². The number of hydrogen-bond acceptors (Lipinski definition) is 4. The van der Waals surface area contributed by atoms with Crippen LogP contribution in [0.2, 0.25) is 0 Å². The van der Waals surface area contributed by atoms with Gasteiger partial charge in [-0.2, -0.15) is 0 Å². The molecule has 2 unspecified atom stereocenters. The molecule has 1 N–H and O–H groups in total. The zero-order valence-corrected chi connectivity index (χ0v) is 11.8. The summed E-state index contributed by atoms with van der Waals surface area (Å²) in [5, 5.41) is 0. The fraction of sp³-hybridized carbons (Fsp3) is 0.500. The predicted molar refractivity (Wildman–Crippen MR) is 68.0 cm³/mol. The molecule has 0 heterocycles. The molecule has 0 amide bonds. The maximum absolute atomic E-state index is 10.9. The molecule has 0 fully saturated rings. The first-order valence-electron chi connectivity index (χ1n) is 5.77. The van der Waals surface area contributed by atoms with Crippen molar-refractivity contribution in [2.24, 2.45) is 0 Å². The molecule has 0 radical (unpaired) electrons. The van der Waals surface area contributed by atoms with E-state index in [9.17, 15) is 9.46 Å². The Kier molecular flexibility index (Phi) is 5.50. The average molecular weight is 272 g/mol. The van der Waals surface area contributed by atoms with Crippen molar-refractivity contribution in [2.75, 3.05) is 20.6 Å². The summed E-state index contributed by atoms with van der Waals surface area (Å²) in [5.74, 6) is 0. The lowest BCUT2D eigenvalue weighted by Gasteiger charge is -2.27. The van der Waals surface area contributed by atoms with Crippen molar-refractivity contribution in [3.63, 3.8) is 0 Å². The molecular weight excluding hydrogens is 253 g/mol. The molecule has 0 bridgehead atoms. The number of nitrogens with zero attached hydrogens (tertiary/aromatic N) is 1. The molecule has 102 valence electrons. The second-order valence-corrected chi connectivity index (χ2v) is 5.57. The Morgan fingerprint density at radius 1 is 1.50 bits per heavy atom. The first-order chi connectivity index (χ1) is 8.31. The third kappa shape index (κ3) is 5.29. The van der Waals surface area contributed by atoms with E-state index >= 15 is 0 Å². The van der Waals surface area contributed by atoms with Crippen LogP contribution in [-0.2, 0) is 15.5 Å². The summed E-state index contributed by atoms with van der Waals surface area (Å²) in [5.41, 5.74) is 1.84. The van der Waals surface area contributed by atoms with Gasteiger partial charge in [0.1, 0.15) is 6.10 Å². The number of hydrogen-bond donors (Lipinski definition) is 1. The van der Waals surface area contributed by atoms with Crippen LogP contribution in [0.3, 0.4) is 0 Å². The van der Waals surface area contributed by atoms with Crippen LogP contribution in [0.15, 0.2) is 24.3 Å². The van der Waals surface area contributed by atoms with Gasteiger partial charge in [-0.1, -0.05) is 31.2 Å². The van der Waals surface area contributed by atoms with Gasteiger partial charge in [0.05, 0.1) is 0 Å². The van der Waals surface area contributed by atoms with Crippen molar-refractivity contribution in [2.45, 2.75) is 19.4 Å². The van der Waals surface area contributed by atoms with Crippen LogP contribution < -0.4 is 4.89 Å². The maximum atomic E-state index is 10.9. The molecule has 1 aromatic carbocycles. The lowest BCUT2D eigenvalue weighted by atomic mass is 10.0. The van der Waals surface area contributed by atoms with Crippen LogP contribution in [0, 0.1) is 0 Å². The summed E-state index contributed by atoms with van der Waals surface area (Å²) in [6.45, 7) is 2.39. The van der Waals surface area contributed by atoms with Crippen molar-refractivity contribution >= 4 is 7.82 Å². The zero-order chi connectivity index (χ0) is 13.8. The van der Waals surface area contributed by atoms with Gasteiger partial charge in [0.15, 0.2) is 0 Å². The van der Waals surface area contributed by atoms with Crippen molar-refractivity contribution in [3.05, 3.63) is 35.4 Å². The first kappa shape index (κ1) is 15.3. The van der Waals surface area contributed by atoms with Crippen molar-refractivity contribution in [1.82, 2.24) is 4.90 Å². The van der Waals surface area contributed by atoms with E-state index < -0.39 is 13.9 Å². The van der Waals surface area contributed by atoms with Crippen LogP contribution in [0.25, 0.3) is 0 Å². The summed E-state index contributed by atoms with van der Waals surface area (Å²) in [4.78, 5) is 21.5. The highest BCUT2D eigenvalue weighted by Crippen LogP contribution is 2.38. The predicted octanol–water partition coefficient (Wildman–Crippen LogP) is 1.33. The van der Waals surface area contributed by atoms with E-state index in [0.717, 1.165) is 17.5 Å². The molecule has 6 heteroatoms. The normalized spacial score (nSPS) is 16.6. The number of rotatable bonds is 6. The maximum Gasteiger partial charge on any atom is 0.265 e. The van der Waals surface area contributed by atoms with Crippen LogP contribution in [-0.4, -0.2) is 30.4 Å². The molecule has 0 saturated heterocycles. The Morgan fingerprint density at radius 3 is 2.67 bits per heavy atom. The standard InChI is InChI=1S/C12H20NO4P/c1-4-10-6-5-7-11(8-10)12(9-13(2)3)17-18(14,15)16/h5-8,12H,4,9H2,1-3H3,(H2,14,15,16)/p-1. The van der Waals surface area contributed by atoms with Crippen LogP contribution >= 0.6 is 7.82 Å². The minimum Gasteiger partial charge on any atom is -0.756 e. The van der Waals surface area contributed by atoms with Crippen molar-refractivity contribution in [3.8, 4) is 0 Å². The Bertz CT molecular complexity index is 430. The van der Waals surface area contributed by atoms with Crippen LogP contribution in [0.5, 0.6) is 0 Å². The molecule has 0 saturated carbocycles. The fourth-order valence-corrected chi connectivity index (χ4v) is 2.22. The minimum absolute atomic E-state index is 0.375. The summed E-state index contributed by atoms with van der Waals surface area (Å²) in [6.07, 6.45) is 0.163. The van der Waals surface area contributed by atoms with Crippen LogP contribution in [0.1, 0.15) is 24.2 Å². The zero-order valence-electron chi connectivity index (χ0n) is 10.9. The average Bonchev–Trinajstić information content (AvgIpc) is 2.26. The van der Waals surface area contributed by atoms with E-state index in [1.807, 2.05) is 39.2 Å². The number of phosphoric acid groups is 1. The Balaban J connectivity index is 2.97. The molecular formula is C12H19NO4P-. The van der Waals surface area contributed by atoms with Crippen LogP contribution in [0.4, 0.5) is 0 Å². The van der Waals surface area contributed by atoms with Gasteiger partial charge in [-0.15, -0.1) is 0 Å². The number of likely N-dealkylation sites (N-methyl/N-ethyl adjacent to an activating group) is 1. The van der Waals surface area contributed by atoms with Crippen molar-refractivity contribution < 1.29 is 18.9 Å². The van der Waals surface area contributed by atoms with E-state index in [0.29, 0.717) is 6.54 Å². The van der Waals surface area contributed by atoms with Gasteiger partial charge in [0.2, 0.25) is 0 Å². The molecule has 0 aromatic heterocycles. The highest BCUT2D eigenvalue weighted by Gasteiger charge is 2.18. The molecule has 0 aliphatic heterocycles. The monoisotopic (exact) mass is 272 g/mol. The van der Waals surface area contributed by atoms with Gasteiger partial charge < -0.3 is 19.2 Å². The lowest BCUT2D eigenvalue weighted by Crippen LogP contribution is -2.23. The topological polar surface area (TPSA) is 72.8 Å². The summed E-state index contributed by atoms with van der Waals surface area (Å²) < 4.78 is 15.6. The molecule has 5 nitrogen and oxygen atoms in total. The molecule has 0 aliphatic rings.